The summed E-state index contributed by atoms with van der Waals surface area (Å²) in [6.45, 7) is 0. The molecule has 0 aliphatic carbocycles. The smallest absolute Gasteiger partial charge is 0.161 e. The fraction of sp³-hybridized carbons (Fsp3) is 0. The average molecular weight is 716 g/mol. The number of hydrogen-bond donors (Lipinski definition) is 0. The summed E-state index contributed by atoms with van der Waals surface area (Å²) in [6, 6.07) is 62.4. The molecule has 0 spiro atoms. The predicted molar refractivity (Wildman–Crippen MR) is 229 cm³/mol. The molecule has 0 unspecified atom stereocenters. The highest BCUT2D eigenvalue weighted by molar-refractivity contribution is 6.18. The Labute approximate surface area is 318 Å². The molecule has 13 aromatic rings. The molecule has 6 heteroatoms. The highest BCUT2D eigenvalue weighted by Gasteiger charge is 2.22. The first kappa shape index (κ1) is 29.7. The van der Waals surface area contributed by atoms with Gasteiger partial charge in [-0.1, -0.05) is 109 Å². The average Bonchev–Trinajstić information content (AvgIpc) is 4.01. The Kier molecular flexibility index (Phi) is 5.80. The zero-order chi connectivity index (χ0) is 36.5. The Morgan fingerprint density at radius 1 is 0.411 bits per heavy atom. The van der Waals surface area contributed by atoms with Crippen molar-refractivity contribution in [3.8, 4) is 22.6 Å². The molecule has 6 aromatic heterocycles. The normalized spacial score (nSPS) is 12.3. The lowest BCUT2D eigenvalue weighted by atomic mass is 10.1. The molecular formula is C50H29N5O. The van der Waals surface area contributed by atoms with Crippen molar-refractivity contribution in [1.82, 2.24) is 23.5 Å². The standard InChI is InChI=1S/C50H29N5O/c1-2-18-38-37(17-1)49-48(55-45-24-12-7-19-40(45)52-50(38)55)47-46(56-49)26-25-39(51-47)30-27-31(53-41-20-8-3-13-33(41)34-14-4-9-21-42(34)53)29-32(28-30)54-43-22-10-5-15-35(43)36-16-6-11-23-44(36)54/h1-29H. The molecule has 7 aromatic carbocycles. The topological polar surface area (TPSA) is 53.2 Å². The summed E-state index contributed by atoms with van der Waals surface area (Å²) in [4.78, 5) is 10.6. The first-order valence-electron chi connectivity index (χ1n) is 18.9. The van der Waals surface area contributed by atoms with Crippen molar-refractivity contribution in [2.45, 2.75) is 0 Å². The number of aromatic nitrogens is 5. The molecule has 0 saturated carbocycles. The molecule has 0 radical (unpaired) electrons. The summed E-state index contributed by atoms with van der Waals surface area (Å²) in [5.41, 5.74) is 14.7. The van der Waals surface area contributed by atoms with E-state index in [4.69, 9.17) is 14.4 Å². The number of nitrogens with zero attached hydrogens (tertiary/aromatic N) is 5. The van der Waals surface area contributed by atoms with E-state index in [1.807, 2.05) is 6.07 Å². The lowest BCUT2D eigenvalue weighted by Gasteiger charge is -2.15. The van der Waals surface area contributed by atoms with E-state index < -0.39 is 0 Å². The van der Waals surface area contributed by atoms with E-state index in [1.54, 1.807) is 0 Å². The van der Waals surface area contributed by atoms with Gasteiger partial charge in [0, 0.05) is 49.3 Å². The summed E-state index contributed by atoms with van der Waals surface area (Å²) in [7, 11) is 0. The van der Waals surface area contributed by atoms with Crippen molar-refractivity contribution in [3.63, 3.8) is 0 Å². The number of rotatable bonds is 3. The van der Waals surface area contributed by atoms with Crippen LogP contribution < -0.4 is 0 Å². The van der Waals surface area contributed by atoms with Gasteiger partial charge in [-0.05, 0) is 66.7 Å². The largest absolute Gasteiger partial charge is 0.452 e. The number of hydrogen-bond acceptors (Lipinski definition) is 3. The van der Waals surface area contributed by atoms with Gasteiger partial charge in [0.2, 0.25) is 0 Å². The number of furan rings is 1. The van der Waals surface area contributed by atoms with Crippen LogP contribution in [0, 0.1) is 0 Å². The number of benzene rings is 7. The van der Waals surface area contributed by atoms with Crippen LogP contribution in [0.15, 0.2) is 180 Å². The maximum Gasteiger partial charge on any atom is 0.161 e. The molecule has 0 N–H and O–H groups in total. The molecule has 0 aliphatic rings. The van der Waals surface area contributed by atoms with Crippen LogP contribution in [0.2, 0.25) is 0 Å². The first-order chi connectivity index (χ1) is 27.8. The molecular weight excluding hydrogens is 687 g/mol. The van der Waals surface area contributed by atoms with E-state index in [0.29, 0.717) is 0 Å². The molecule has 0 fully saturated rings. The Bertz CT molecular complexity index is 3550. The van der Waals surface area contributed by atoms with E-state index in [-0.39, 0.29) is 0 Å². The maximum atomic E-state index is 6.72. The zero-order valence-electron chi connectivity index (χ0n) is 29.9. The number of para-hydroxylation sites is 6. The minimum atomic E-state index is 0.736. The summed E-state index contributed by atoms with van der Waals surface area (Å²) < 4.78 is 13.7. The van der Waals surface area contributed by atoms with E-state index >= 15 is 0 Å². The number of imidazole rings is 1. The van der Waals surface area contributed by atoms with Crippen molar-refractivity contribution in [1.29, 1.82) is 0 Å². The van der Waals surface area contributed by atoms with E-state index in [9.17, 15) is 0 Å². The van der Waals surface area contributed by atoms with Crippen LogP contribution in [0.5, 0.6) is 0 Å². The third kappa shape index (κ3) is 3.94. The van der Waals surface area contributed by atoms with Crippen molar-refractivity contribution < 1.29 is 4.42 Å². The molecule has 0 aliphatic heterocycles. The van der Waals surface area contributed by atoms with Crippen LogP contribution in [0.1, 0.15) is 0 Å². The third-order valence-electron chi connectivity index (χ3n) is 11.6. The molecule has 6 heterocycles. The van der Waals surface area contributed by atoms with Crippen molar-refractivity contribution >= 4 is 93.3 Å². The second kappa shape index (κ2) is 10.9. The second-order valence-electron chi connectivity index (χ2n) is 14.6. The van der Waals surface area contributed by atoms with Gasteiger partial charge in [0.25, 0.3) is 0 Å². The Balaban J connectivity index is 1.15. The molecule has 0 atom stereocenters. The van der Waals surface area contributed by atoms with Gasteiger partial charge in [-0.15, -0.1) is 0 Å². The maximum absolute atomic E-state index is 6.72. The van der Waals surface area contributed by atoms with Crippen LogP contribution in [-0.2, 0) is 0 Å². The Morgan fingerprint density at radius 2 is 0.893 bits per heavy atom. The van der Waals surface area contributed by atoms with Crippen molar-refractivity contribution in [2.24, 2.45) is 0 Å². The van der Waals surface area contributed by atoms with Gasteiger partial charge >= 0.3 is 0 Å². The fourth-order valence-electron chi connectivity index (χ4n) is 9.23. The molecule has 13 rings (SSSR count). The van der Waals surface area contributed by atoms with Gasteiger partial charge < -0.3 is 13.6 Å². The molecule has 260 valence electrons. The quantitative estimate of drug-likeness (QED) is 0.183. The van der Waals surface area contributed by atoms with Gasteiger partial charge in [0.1, 0.15) is 16.7 Å². The van der Waals surface area contributed by atoms with E-state index in [1.165, 1.54) is 21.5 Å². The summed E-state index contributed by atoms with van der Waals surface area (Å²) in [5.74, 6) is 0. The zero-order valence-corrected chi connectivity index (χ0v) is 29.9. The van der Waals surface area contributed by atoms with Crippen LogP contribution in [0.3, 0.4) is 0 Å². The van der Waals surface area contributed by atoms with Gasteiger partial charge in [0.15, 0.2) is 11.2 Å². The second-order valence-corrected chi connectivity index (χ2v) is 14.6. The fourth-order valence-corrected chi connectivity index (χ4v) is 9.23. The molecule has 6 nitrogen and oxygen atoms in total. The minimum absolute atomic E-state index is 0.736. The van der Waals surface area contributed by atoms with Gasteiger partial charge in [0.05, 0.1) is 38.8 Å². The van der Waals surface area contributed by atoms with Gasteiger partial charge in [-0.25, -0.2) is 9.97 Å². The van der Waals surface area contributed by atoms with Gasteiger partial charge in [-0.3, -0.25) is 4.40 Å². The molecule has 56 heavy (non-hydrogen) atoms. The van der Waals surface area contributed by atoms with Gasteiger partial charge in [-0.2, -0.15) is 0 Å². The van der Waals surface area contributed by atoms with E-state index in [0.717, 1.165) is 94.4 Å². The monoisotopic (exact) mass is 715 g/mol. The van der Waals surface area contributed by atoms with Crippen LogP contribution in [0.25, 0.3) is 116 Å². The SMILES string of the molecule is c1ccc2c(c1)nc1c3ccccc3c3oc4ccc(-c5cc(-n6c7ccccc7c7ccccc76)cc(-n6c7ccccc7c7ccccc76)c5)nc4c3n21. The highest BCUT2D eigenvalue weighted by atomic mass is 16.3. The van der Waals surface area contributed by atoms with E-state index in [2.05, 4.69) is 183 Å². The lowest BCUT2D eigenvalue weighted by Crippen LogP contribution is -2.00. The third-order valence-corrected chi connectivity index (χ3v) is 11.6. The summed E-state index contributed by atoms with van der Waals surface area (Å²) in [5, 5.41) is 6.96. The van der Waals surface area contributed by atoms with Crippen molar-refractivity contribution in [2.75, 3.05) is 0 Å². The number of fused-ring (bicyclic) bond motifs is 16. The Morgan fingerprint density at radius 3 is 1.46 bits per heavy atom. The molecule has 0 bridgehead atoms. The molecule has 0 amide bonds. The lowest BCUT2D eigenvalue weighted by molar-refractivity contribution is 0.671. The molecule has 0 saturated heterocycles. The van der Waals surface area contributed by atoms with Crippen LogP contribution in [-0.4, -0.2) is 23.5 Å². The summed E-state index contributed by atoms with van der Waals surface area (Å²) in [6.07, 6.45) is 0. The first-order valence-corrected chi connectivity index (χ1v) is 18.9. The van der Waals surface area contributed by atoms with Crippen LogP contribution >= 0.6 is 0 Å². The van der Waals surface area contributed by atoms with Crippen molar-refractivity contribution in [3.05, 3.63) is 176 Å². The Hall–Kier alpha value is -7.70. The predicted octanol–water partition coefficient (Wildman–Crippen LogP) is 12.8. The van der Waals surface area contributed by atoms with Crippen LogP contribution in [0.4, 0.5) is 0 Å². The minimum Gasteiger partial charge on any atom is -0.452 e. The summed E-state index contributed by atoms with van der Waals surface area (Å²) >= 11 is 0. The number of pyridine rings is 2. The highest BCUT2D eigenvalue weighted by Crippen LogP contribution is 2.40.